The van der Waals surface area contributed by atoms with Crippen LogP contribution in [0.15, 0.2) is 22.3 Å². The van der Waals surface area contributed by atoms with Gasteiger partial charge in [-0.3, -0.25) is 4.98 Å². The fraction of sp³-hybridized carbons (Fsp3) is 0.333. The van der Waals surface area contributed by atoms with E-state index in [1.54, 1.807) is 0 Å². The van der Waals surface area contributed by atoms with E-state index < -0.39 is 0 Å². The first-order chi connectivity index (χ1) is 7.06. The van der Waals surface area contributed by atoms with Crippen molar-refractivity contribution in [1.82, 2.24) is 4.98 Å². The molecule has 0 fully saturated rings. The molecule has 0 saturated carbocycles. The Bertz CT molecular complexity index is 452. The van der Waals surface area contributed by atoms with E-state index in [0.29, 0.717) is 5.16 Å². The first-order valence-corrected chi connectivity index (χ1v) is 5.32. The maximum atomic E-state index is 6.08. The van der Waals surface area contributed by atoms with Gasteiger partial charge < -0.3 is 0 Å². The highest BCUT2D eigenvalue weighted by atomic mass is 35.5. The maximum Gasteiger partial charge on any atom is 0.133 e. The van der Waals surface area contributed by atoms with Crippen molar-refractivity contribution in [3.8, 4) is 0 Å². The average Bonchev–Trinajstić information content (AvgIpc) is 2.43. The van der Waals surface area contributed by atoms with Gasteiger partial charge in [0.2, 0.25) is 0 Å². The van der Waals surface area contributed by atoms with Gasteiger partial charge >= 0.3 is 0 Å². The number of aryl methyl sites for hydroxylation is 2. The topological polar surface area (TPSA) is 25.2 Å². The SMILES string of the molecule is CC1=NC(Cl)=C(c2cc(C)nc(C)c2)C1. The summed E-state index contributed by atoms with van der Waals surface area (Å²) in [6.45, 7) is 5.98. The van der Waals surface area contributed by atoms with Crippen LogP contribution in [-0.4, -0.2) is 10.7 Å². The fourth-order valence-corrected chi connectivity index (χ4v) is 2.15. The lowest BCUT2D eigenvalue weighted by Crippen LogP contribution is -1.93. The highest BCUT2D eigenvalue weighted by molar-refractivity contribution is 6.34. The summed E-state index contributed by atoms with van der Waals surface area (Å²) in [5.74, 6) is 0. The van der Waals surface area contributed by atoms with Crippen LogP contribution in [0.25, 0.3) is 5.57 Å². The first-order valence-electron chi connectivity index (χ1n) is 4.95. The molecule has 0 radical (unpaired) electrons. The predicted molar refractivity (Wildman–Crippen MR) is 64.2 cm³/mol. The Kier molecular flexibility index (Phi) is 2.61. The van der Waals surface area contributed by atoms with Crippen molar-refractivity contribution in [1.29, 1.82) is 0 Å². The van der Waals surface area contributed by atoms with E-state index in [-0.39, 0.29) is 0 Å². The van der Waals surface area contributed by atoms with E-state index in [2.05, 4.69) is 22.1 Å². The lowest BCUT2D eigenvalue weighted by Gasteiger charge is -2.05. The third-order valence-electron chi connectivity index (χ3n) is 2.40. The molecule has 0 N–H and O–H groups in total. The molecule has 0 bridgehead atoms. The number of pyridine rings is 1. The van der Waals surface area contributed by atoms with Gasteiger partial charge in [0.1, 0.15) is 5.16 Å². The summed E-state index contributed by atoms with van der Waals surface area (Å²) >= 11 is 6.08. The third kappa shape index (κ3) is 2.10. The van der Waals surface area contributed by atoms with Crippen LogP contribution in [0.3, 0.4) is 0 Å². The molecule has 15 heavy (non-hydrogen) atoms. The number of aromatic nitrogens is 1. The zero-order valence-corrected chi connectivity index (χ0v) is 9.89. The molecule has 0 aliphatic carbocycles. The molecule has 2 nitrogen and oxygen atoms in total. The minimum Gasteiger partial charge on any atom is -0.258 e. The number of hydrogen-bond acceptors (Lipinski definition) is 2. The number of halogens is 1. The lowest BCUT2D eigenvalue weighted by molar-refractivity contribution is 1.11. The van der Waals surface area contributed by atoms with Crippen molar-refractivity contribution in [3.63, 3.8) is 0 Å². The Morgan fingerprint density at radius 2 is 1.73 bits per heavy atom. The molecule has 1 aliphatic rings. The molecule has 0 spiro atoms. The summed E-state index contributed by atoms with van der Waals surface area (Å²) < 4.78 is 0. The number of nitrogens with zero attached hydrogens (tertiary/aromatic N) is 2. The van der Waals surface area contributed by atoms with Crippen LogP contribution >= 0.6 is 11.6 Å². The molecule has 0 atom stereocenters. The highest BCUT2D eigenvalue weighted by Crippen LogP contribution is 2.31. The Hall–Kier alpha value is -1.15. The largest absolute Gasteiger partial charge is 0.258 e. The summed E-state index contributed by atoms with van der Waals surface area (Å²) in [5.41, 5.74) is 5.37. The maximum absolute atomic E-state index is 6.08. The normalized spacial score (nSPS) is 15.9. The lowest BCUT2D eigenvalue weighted by atomic mass is 10.0. The third-order valence-corrected chi connectivity index (χ3v) is 2.71. The minimum absolute atomic E-state index is 0.623. The van der Waals surface area contributed by atoms with Crippen LogP contribution in [0.2, 0.25) is 0 Å². The van der Waals surface area contributed by atoms with Gasteiger partial charge in [-0.15, -0.1) is 0 Å². The number of aliphatic imine (C=N–C) groups is 1. The van der Waals surface area contributed by atoms with Gasteiger partial charge in [0, 0.05) is 29.1 Å². The van der Waals surface area contributed by atoms with E-state index in [1.807, 2.05) is 20.8 Å². The molecule has 0 aromatic carbocycles. The van der Waals surface area contributed by atoms with Gasteiger partial charge in [0.05, 0.1) is 0 Å². The molecule has 78 valence electrons. The summed E-state index contributed by atoms with van der Waals surface area (Å²) in [6.07, 6.45) is 0.849. The van der Waals surface area contributed by atoms with Gasteiger partial charge in [-0.1, -0.05) is 11.6 Å². The van der Waals surface area contributed by atoms with Gasteiger partial charge in [-0.05, 0) is 38.5 Å². The van der Waals surface area contributed by atoms with Crippen LogP contribution in [0.5, 0.6) is 0 Å². The molecule has 1 aromatic rings. The minimum atomic E-state index is 0.623. The summed E-state index contributed by atoms with van der Waals surface area (Å²) in [4.78, 5) is 8.59. The predicted octanol–water partition coefficient (Wildman–Crippen LogP) is 3.47. The molecule has 0 unspecified atom stereocenters. The van der Waals surface area contributed by atoms with E-state index in [1.165, 1.54) is 0 Å². The Morgan fingerprint density at radius 3 is 2.20 bits per heavy atom. The van der Waals surface area contributed by atoms with Crippen molar-refractivity contribution in [2.75, 3.05) is 0 Å². The summed E-state index contributed by atoms with van der Waals surface area (Å²) in [5, 5.41) is 0.623. The zero-order valence-electron chi connectivity index (χ0n) is 9.13. The Balaban J connectivity index is 2.44. The van der Waals surface area contributed by atoms with Crippen LogP contribution in [-0.2, 0) is 0 Å². The molecule has 2 rings (SSSR count). The van der Waals surface area contributed by atoms with Crippen LogP contribution in [0.4, 0.5) is 0 Å². The molecule has 0 amide bonds. The van der Waals surface area contributed by atoms with Crippen molar-refractivity contribution < 1.29 is 0 Å². The van der Waals surface area contributed by atoms with Gasteiger partial charge in [0.15, 0.2) is 0 Å². The number of hydrogen-bond donors (Lipinski definition) is 0. The second-order valence-electron chi connectivity index (χ2n) is 3.93. The first kappa shape index (κ1) is 10.4. The molecule has 0 saturated heterocycles. The average molecular weight is 221 g/mol. The number of rotatable bonds is 1. The quantitative estimate of drug-likeness (QED) is 0.666. The Morgan fingerprint density at radius 1 is 1.13 bits per heavy atom. The van der Waals surface area contributed by atoms with Crippen LogP contribution in [0.1, 0.15) is 30.3 Å². The zero-order chi connectivity index (χ0) is 11.0. The smallest absolute Gasteiger partial charge is 0.133 e. The van der Waals surface area contributed by atoms with Crippen molar-refractivity contribution >= 4 is 22.9 Å². The molecular weight excluding hydrogens is 208 g/mol. The summed E-state index contributed by atoms with van der Waals surface area (Å²) in [7, 11) is 0. The molecular formula is C12H13ClN2. The van der Waals surface area contributed by atoms with Crippen LogP contribution in [0, 0.1) is 13.8 Å². The van der Waals surface area contributed by atoms with E-state index in [0.717, 1.165) is 34.7 Å². The van der Waals surface area contributed by atoms with E-state index in [4.69, 9.17) is 11.6 Å². The number of allylic oxidation sites excluding steroid dienone is 1. The van der Waals surface area contributed by atoms with Gasteiger partial charge in [-0.2, -0.15) is 0 Å². The van der Waals surface area contributed by atoms with Crippen molar-refractivity contribution in [2.45, 2.75) is 27.2 Å². The van der Waals surface area contributed by atoms with Crippen molar-refractivity contribution in [2.24, 2.45) is 4.99 Å². The second-order valence-corrected chi connectivity index (χ2v) is 4.29. The van der Waals surface area contributed by atoms with Crippen LogP contribution < -0.4 is 0 Å². The molecule has 3 heteroatoms. The van der Waals surface area contributed by atoms with Crippen molar-refractivity contribution in [3.05, 3.63) is 34.2 Å². The van der Waals surface area contributed by atoms with E-state index in [9.17, 15) is 0 Å². The highest BCUT2D eigenvalue weighted by Gasteiger charge is 2.15. The molecule has 1 aliphatic heterocycles. The standard InChI is InChI=1S/C12H13ClN2/c1-7-4-10(5-8(2)14-7)11-6-9(3)15-12(11)13/h4-5H,6H2,1-3H3. The molecule has 1 aromatic heterocycles. The van der Waals surface area contributed by atoms with Gasteiger partial charge in [-0.25, -0.2) is 4.99 Å². The monoisotopic (exact) mass is 220 g/mol. The van der Waals surface area contributed by atoms with Gasteiger partial charge in [0.25, 0.3) is 0 Å². The molecule has 2 heterocycles. The van der Waals surface area contributed by atoms with E-state index >= 15 is 0 Å². The second kappa shape index (κ2) is 3.78. The Labute approximate surface area is 94.7 Å². The summed E-state index contributed by atoms with van der Waals surface area (Å²) in [6, 6.07) is 4.11. The fourth-order valence-electron chi connectivity index (χ4n) is 1.83.